The molecular formula is C21H18BrN2O5S-. The first-order chi connectivity index (χ1) is 14.4. The Morgan fingerprint density at radius 3 is 2.60 bits per heavy atom. The Bertz CT molecular complexity index is 1030. The Morgan fingerprint density at radius 1 is 1.23 bits per heavy atom. The van der Waals surface area contributed by atoms with Crippen molar-refractivity contribution in [2.24, 2.45) is 4.99 Å². The zero-order valence-electron chi connectivity index (χ0n) is 16.2. The van der Waals surface area contributed by atoms with E-state index in [1.54, 1.807) is 25.1 Å². The van der Waals surface area contributed by atoms with Crippen molar-refractivity contribution in [1.82, 2.24) is 5.32 Å². The van der Waals surface area contributed by atoms with E-state index in [9.17, 15) is 14.7 Å². The summed E-state index contributed by atoms with van der Waals surface area (Å²) in [7, 11) is 0. The zero-order valence-corrected chi connectivity index (χ0v) is 18.6. The van der Waals surface area contributed by atoms with Gasteiger partial charge in [0.2, 0.25) is 0 Å². The zero-order chi connectivity index (χ0) is 21.7. The number of halogens is 1. The van der Waals surface area contributed by atoms with Crippen molar-refractivity contribution in [2.75, 3.05) is 13.2 Å². The smallest absolute Gasteiger partial charge is 0.264 e. The largest absolute Gasteiger partial charge is 0.546 e. The van der Waals surface area contributed by atoms with Gasteiger partial charge >= 0.3 is 0 Å². The van der Waals surface area contributed by atoms with Crippen LogP contribution in [0.2, 0.25) is 0 Å². The highest BCUT2D eigenvalue weighted by molar-refractivity contribution is 9.10. The second-order valence-corrected chi connectivity index (χ2v) is 8.12. The van der Waals surface area contributed by atoms with Crippen molar-refractivity contribution < 1.29 is 24.2 Å². The number of amides is 1. The van der Waals surface area contributed by atoms with Crippen molar-refractivity contribution in [3.8, 4) is 11.5 Å². The third kappa shape index (κ3) is 5.64. The van der Waals surface area contributed by atoms with E-state index in [-0.39, 0.29) is 11.7 Å². The van der Waals surface area contributed by atoms with Gasteiger partial charge in [-0.3, -0.25) is 4.79 Å². The molecule has 9 heteroatoms. The number of amidine groups is 1. The number of nitrogens with zero attached hydrogens (tertiary/aromatic N) is 1. The molecule has 1 heterocycles. The Balaban J connectivity index is 1.86. The molecule has 0 aromatic heterocycles. The van der Waals surface area contributed by atoms with Gasteiger partial charge in [-0.15, -0.1) is 0 Å². The number of aliphatic carboxylic acids is 1. The maximum Gasteiger partial charge on any atom is 0.264 e. The molecule has 0 atom stereocenters. The van der Waals surface area contributed by atoms with Gasteiger partial charge in [0, 0.05) is 4.47 Å². The van der Waals surface area contributed by atoms with Crippen molar-refractivity contribution in [1.29, 1.82) is 0 Å². The molecule has 0 aliphatic carbocycles. The van der Waals surface area contributed by atoms with Gasteiger partial charge in [-0.25, -0.2) is 4.99 Å². The van der Waals surface area contributed by atoms with Crippen LogP contribution in [0.4, 0.5) is 5.69 Å². The van der Waals surface area contributed by atoms with Crippen molar-refractivity contribution >= 4 is 56.5 Å². The number of aryl methyl sites for hydroxylation is 1. The molecule has 1 aliphatic rings. The molecule has 0 bridgehead atoms. The van der Waals surface area contributed by atoms with Crippen LogP contribution < -0.4 is 19.9 Å². The van der Waals surface area contributed by atoms with Gasteiger partial charge in [0.1, 0.15) is 6.61 Å². The van der Waals surface area contributed by atoms with Crippen LogP contribution in [0.15, 0.2) is 50.8 Å². The third-order valence-corrected chi connectivity index (χ3v) is 5.51. The Hall–Kier alpha value is -2.78. The molecule has 0 radical (unpaired) electrons. The molecule has 3 rings (SSSR count). The maximum absolute atomic E-state index is 12.4. The minimum absolute atomic E-state index is 0.256. The predicted molar refractivity (Wildman–Crippen MR) is 118 cm³/mol. The van der Waals surface area contributed by atoms with E-state index in [2.05, 4.69) is 26.2 Å². The molecule has 156 valence electrons. The monoisotopic (exact) mass is 489 g/mol. The topological polar surface area (TPSA) is 100 Å². The summed E-state index contributed by atoms with van der Waals surface area (Å²) in [6.07, 6.45) is 1.70. The molecule has 1 fully saturated rings. The van der Waals surface area contributed by atoms with E-state index < -0.39 is 12.6 Å². The fraction of sp³-hybridized carbons (Fsp3) is 0.190. The standard InChI is InChI=1S/C21H19BrN2O5S/c1-3-28-16-8-13(15(22)10-17(16)29-11-19(25)26)9-18-20(27)24-21(30-18)23-14-6-4-12(2)5-7-14/h4-10H,3,11H2,1-2H3,(H,25,26)(H,23,24,27)/p-1/b18-9+. The molecule has 7 nitrogen and oxygen atoms in total. The normalized spacial score (nSPS) is 16.0. The summed E-state index contributed by atoms with van der Waals surface area (Å²) in [4.78, 5) is 28.0. The number of thioether (sulfide) groups is 1. The van der Waals surface area contributed by atoms with Gasteiger partial charge in [0.25, 0.3) is 5.91 Å². The van der Waals surface area contributed by atoms with E-state index in [1.807, 2.05) is 31.2 Å². The number of benzene rings is 2. The Kier molecular flexibility index (Phi) is 7.17. The third-order valence-electron chi connectivity index (χ3n) is 3.91. The summed E-state index contributed by atoms with van der Waals surface area (Å²) >= 11 is 4.66. The van der Waals surface area contributed by atoms with E-state index in [0.29, 0.717) is 32.5 Å². The van der Waals surface area contributed by atoms with Crippen molar-refractivity contribution in [3.63, 3.8) is 0 Å². The average Bonchev–Trinajstić information content (AvgIpc) is 3.03. The summed E-state index contributed by atoms with van der Waals surface area (Å²) in [6.45, 7) is 3.57. The van der Waals surface area contributed by atoms with E-state index >= 15 is 0 Å². The van der Waals surface area contributed by atoms with E-state index in [1.165, 1.54) is 11.8 Å². The molecule has 1 aliphatic heterocycles. The minimum Gasteiger partial charge on any atom is -0.546 e. The predicted octanol–water partition coefficient (Wildman–Crippen LogP) is 3.18. The van der Waals surface area contributed by atoms with Crippen LogP contribution in [0.25, 0.3) is 6.08 Å². The lowest BCUT2D eigenvalue weighted by molar-refractivity contribution is -0.307. The summed E-state index contributed by atoms with van der Waals surface area (Å²) in [5.41, 5.74) is 2.55. The van der Waals surface area contributed by atoms with Gasteiger partial charge in [0.05, 0.1) is 23.2 Å². The number of carboxylic acid groups (broad SMARTS) is 1. The van der Waals surface area contributed by atoms with Gasteiger partial charge in [-0.2, -0.15) is 0 Å². The lowest BCUT2D eigenvalue weighted by Crippen LogP contribution is -2.29. The van der Waals surface area contributed by atoms with Crippen LogP contribution in [0.3, 0.4) is 0 Å². The maximum atomic E-state index is 12.4. The number of rotatable bonds is 7. The number of carbonyl (C=O) groups excluding carboxylic acids is 2. The summed E-state index contributed by atoms with van der Waals surface area (Å²) in [5, 5.41) is 13.9. The number of hydrogen-bond donors (Lipinski definition) is 1. The second-order valence-electron chi connectivity index (χ2n) is 6.23. The number of carbonyl (C=O) groups is 2. The number of carboxylic acids is 1. The summed E-state index contributed by atoms with van der Waals surface area (Å²) in [6, 6.07) is 10.9. The number of hydrogen-bond acceptors (Lipinski definition) is 7. The first-order valence-corrected chi connectivity index (χ1v) is 10.6. The first-order valence-electron chi connectivity index (χ1n) is 9.01. The molecule has 1 saturated heterocycles. The average molecular weight is 490 g/mol. The molecule has 1 N–H and O–H groups in total. The molecule has 2 aromatic carbocycles. The lowest BCUT2D eigenvalue weighted by Gasteiger charge is -2.14. The van der Waals surface area contributed by atoms with E-state index in [4.69, 9.17) is 9.47 Å². The van der Waals surface area contributed by atoms with Crippen molar-refractivity contribution in [2.45, 2.75) is 13.8 Å². The number of ether oxygens (including phenoxy) is 2. The Labute approximate surface area is 186 Å². The number of aliphatic imine (C=N–C) groups is 1. The van der Waals surface area contributed by atoms with Crippen LogP contribution in [0, 0.1) is 6.92 Å². The van der Waals surface area contributed by atoms with Crippen molar-refractivity contribution in [3.05, 3.63) is 56.9 Å². The van der Waals surface area contributed by atoms with Crippen LogP contribution in [-0.2, 0) is 9.59 Å². The van der Waals surface area contributed by atoms with Crippen LogP contribution in [-0.4, -0.2) is 30.3 Å². The molecule has 0 spiro atoms. The summed E-state index contributed by atoms with van der Waals surface area (Å²) in [5.74, 6) is -0.960. The van der Waals surface area contributed by atoms with Gasteiger partial charge < -0.3 is 24.7 Å². The lowest BCUT2D eigenvalue weighted by atomic mass is 10.2. The van der Waals surface area contributed by atoms with Crippen LogP contribution in [0.5, 0.6) is 11.5 Å². The summed E-state index contributed by atoms with van der Waals surface area (Å²) < 4.78 is 11.4. The highest BCUT2D eigenvalue weighted by Gasteiger charge is 2.24. The first kappa shape index (κ1) is 21.9. The fourth-order valence-electron chi connectivity index (χ4n) is 2.54. The molecule has 0 saturated carbocycles. The van der Waals surface area contributed by atoms with Gasteiger partial charge in [-0.1, -0.05) is 33.6 Å². The highest BCUT2D eigenvalue weighted by Crippen LogP contribution is 2.37. The highest BCUT2D eigenvalue weighted by atomic mass is 79.9. The molecule has 0 unspecified atom stereocenters. The Morgan fingerprint density at radius 2 is 1.93 bits per heavy atom. The van der Waals surface area contributed by atoms with Crippen LogP contribution >= 0.6 is 27.7 Å². The quantitative estimate of drug-likeness (QED) is 0.599. The molecular weight excluding hydrogens is 472 g/mol. The minimum atomic E-state index is -1.33. The molecule has 2 aromatic rings. The SMILES string of the molecule is CCOc1cc(/C=C2/SC(=Nc3ccc(C)cc3)NC2=O)c(Br)cc1OCC(=O)[O-]. The van der Waals surface area contributed by atoms with E-state index in [0.717, 1.165) is 11.3 Å². The van der Waals surface area contributed by atoms with Crippen LogP contribution in [0.1, 0.15) is 18.1 Å². The number of nitrogens with one attached hydrogen (secondary N) is 1. The molecule has 30 heavy (non-hydrogen) atoms. The van der Waals surface area contributed by atoms with Gasteiger partial charge in [0.15, 0.2) is 16.7 Å². The molecule has 1 amide bonds. The second kappa shape index (κ2) is 9.82. The fourth-order valence-corrected chi connectivity index (χ4v) is 3.81. The van der Waals surface area contributed by atoms with Gasteiger partial charge in [-0.05, 0) is 61.5 Å².